The second kappa shape index (κ2) is 15.9. The quantitative estimate of drug-likeness (QED) is 0.207. The molecule has 16 nitrogen and oxygen atoms in total. The minimum Gasteiger partial charge on any atom is -0.507 e. The minimum atomic E-state index is -1.80. The molecule has 2 aromatic rings. The number of hydrogen-bond donors (Lipinski definition) is 5. The van der Waals surface area contributed by atoms with Crippen LogP contribution in [-0.4, -0.2) is 142 Å². The standard InChI is InChI=1S/C41H53NO15/c1-17-24(43)11-12-28(52-17)56-39-19(3)54-30(15-26(39)45)57-38-18(2)53-29(14-23(38)42(5)6)55-27-16-41(4,50)34(40(49)51-7)21-13-22-33(37(48)32(21)27)36(47)31-20(35(22)46)9-8-10-25(31)44/h8-10,13,17-19,23-24,26-30,34,38-39,43-45,48,50H,11-12,14-16H2,1-7H3/t17-,18-,19-,23-,24+,26-,27-,28-,29-,30-,34-,38?,39+,41+/m0/s1. The third-order valence-corrected chi connectivity index (χ3v) is 12.1. The Hall–Kier alpha value is -3.55. The number of phenols is 2. The molecule has 2 aromatic carbocycles. The number of aliphatic hydroxyl groups excluding tert-OH is 2. The lowest BCUT2D eigenvalue weighted by atomic mass is 9.68. The Kier molecular flexibility index (Phi) is 11.6. The Labute approximate surface area is 330 Å². The van der Waals surface area contributed by atoms with Crippen molar-refractivity contribution in [3.05, 3.63) is 57.6 Å². The van der Waals surface area contributed by atoms with Crippen LogP contribution in [0, 0.1) is 0 Å². The zero-order chi connectivity index (χ0) is 41.2. The number of phenolic OH excluding ortho intramolecular Hbond substituents is 2. The molecule has 3 heterocycles. The van der Waals surface area contributed by atoms with Crippen LogP contribution in [0.15, 0.2) is 24.3 Å². The van der Waals surface area contributed by atoms with Gasteiger partial charge >= 0.3 is 5.97 Å². The van der Waals surface area contributed by atoms with Gasteiger partial charge in [-0.2, -0.15) is 0 Å². The molecule has 0 amide bonds. The molecule has 0 radical (unpaired) electrons. The first-order valence-electron chi connectivity index (χ1n) is 19.5. The van der Waals surface area contributed by atoms with Crippen molar-refractivity contribution in [3.63, 3.8) is 0 Å². The normalized spacial score (nSPS) is 38.0. The van der Waals surface area contributed by atoms with Crippen molar-refractivity contribution in [3.8, 4) is 11.5 Å². The number of nitrogens with zero attached hydrogens (tertiary/aromatic N) is 1. The molecule has 14 atom stereocenters. The number of benzene rings is 2. The third kappa shape index (κ3) is 7.61. The first-order chi connectivity index (χ1) is 26.9. The Balaban J connectivity index is 1.12. The molecular weight excluding hydrogens is 746 g/mol. The molecule has 2 aliphatic carbocycles. The summed E-state index contributed by atoms with van der Waals surface area (Å²) in [6.45, 7) is 6.81. The number of methoxy groups -OCH3 is 1. The number of hydrogen-bond acceptors (Lipinski definition) is 16. The van der Waals surface area contributed by atoms with E-state index in [9.17, 15) is 39.9 Å². The fourth-order valence-corrected chi connectivity index (χ4v) is 9.16. The summed E-state index contributed by atoms with van der Waals surface area (Å²) in [6, 6.07) is 5.09. The van der Waals surface area contributed by atoms with E-state index in [0.717, 1.165) is 7.11 Å². The van der Waals surface area contributed by atoms with Gasteiger partial charge in [-0.05, 0) is 65.9 Å². The molecule has 1 unspecified atom stereocenters. The molecule has 5 aliphatic rings. The molecule has 0 saturated carbocycles. The van der Waals surface area contributed by atoms with Crippen molar-refractivity contribution in [1.82, 2.24) is 4.90 Å². The molecule has 57 heavy (non-hydrogen) atoms. The molecule has 3 saturated heterocycles. The van der Waals surface area contributed by atoms with E-state index in [1.807, 2.05) is 25.9 Å². The molecule has 0 aromatic heterocycles. The van der Waals surface area contributed by atoms with E-state index >= 15 is 0 Å². The maximum Gasteiger partial charge on any atom is 0.316 e. The number of ketones is 2. The number of ether oxygens (including phenoxy) is 7. The summed E-state index contributed by atoms with van der Waals surface area (Å²) < 4.78 is 42.6. The van der Waals surface area contributed by atoms with Gasteiger partial charge in [0.05, 0.1) is 60.5 Å². The third-order valence-electron chi connectivity index (χ3n) is 12.1. The largest absolute Gasteiger partial charge is 0.507 e. The monoisotopic (exact) mass is 799 g/mol. The highest BCUT2D eigenvalue weighted by Crippen LogP contribution is 2.53. The maximum atomic E-state index is 13.9. The number of esters is 1. The van der Waals surface area contributed by atoms with E-state index in [0.29, 0.717) is 12.8 Å². The molecule has 3 aliphatic heterocycles. The second-order valence-electron chi connectivity index (χ2n) is 16.4. The number of rotatable bonds is 8. The molecule has 0 bridgehead atoms. The summed E-state index contributed by atoms with van der Waals surface area (Å²) in [5.41, 5.74) is -2.56. The summed E-state index contributed by atoms with van der Waals surface area (Å²) in [5.74, 6) is -4.63. The number of likely N-dealkylation sites (N-methyl/N-ethyl adjacent to an activating group) is 1. The Morgan fingerprint density at radius 1 is 0.825 bits per heavy atom. The summed E-state index contributed by atoms with van der Waals surface area (Å²) in [4.78, 5) is 42.8. The van der Waals surface area contributed by atoms with Crippen LogP contribution >= 0.6 is 0 Å². The number of carbonyl (C=O) groups excluding carboxylic acids is 3. The lowest BCUT2D eigenvalue weighted by Gasteiger charge is -2.48. The Morgan fingerprint density at radius 2 is 1.47 bits per heavy atom. The second-order valence-corrected chi connectivity index (χ2v) is 16.4. The van der Waals surface area contributed by atoms with Crippen LogP contribution < -0.4 is 0 Å². The van der Waals surface area contributed by atoms with Crippen LogP contribution in [0.1, 0.15) is 115 Å². The molecular formula is C41H53NO15. The summed E-state index contributed by atoms with van der Waals surface area (Å²) in [7, 11) is 4.91. The van der Waals surface area contributed by atoms with Gasteiger partial charge in [0, 0.05) is 48.4 Å². The molecule has 16 heteroatoms. The van der Waals surface area contributed by atoms with Crippen molar-refractivity contribution in [2.75, 3.05) is 21.2 Å². The first-order valence-corrected chi connectivity index (χ1v) is 19.5. The van der Waals surface area contributed by atoms with Crippen LogP contribution in [0.3, 0.4) is 0 Å². The van der Waals surface area contributed by atoms with Crippen molar-refractivity contribution in [1.29, 1.82) is 0 Å². The van der Waals surface area contributed by atoms with Gasteiger partial charge in [0.25, 0.3) is 0 Å². The van der Waals surface area contributed by atoms with Gasteiger partial charge < -0.3 is 63.6 Å². The van der Waals surface area contributed by atoms with Gasteiger partial charge in [-0.1, -0.05) is 12.1 Å². The minimum absolute atomic E-state index is 0.0198. The number of fused-ring (bicyclic) bond motifs is 3. The van der Waals surface area contributed by atoms with Crippen molar-refractivity contribution >= 4 is 17.5 Å². The predicted molar refractivity (Wildman–Crippen MR) is 198 cm³/mol. The van der Waals surface area contributed by atoms with Crippen LogP contribution in [0.25, 0.3) is 0 Å². The maximum absolute atomic E-state index is 13.9. The highest BCUT2D eigenvalue weighted by atomic mass is 16.7. The fraction of sp³-hybridized carbons (Fsp3) is 0.634. The van der Waals surface area contributed by atoms with Crippen LogP contribution in [-0.2, 0) is 38.0 Å². The van der Waals surface area contributed by atoms with E-state index in [2.05, 4.69) is 0 Å². The van der Waals surface area contributed by atoms with E-state index in [-0.39, 0.29) is 58.7 Å². The van der Waals surface area contributed by atoms with E-state index in [4.69, 9.17) is 33.2 Å². The van der Waals surface area contributed by atoms with Gasteiger partial charge in [-0.3, -0.25) is 14.4 Å². The highest BCUT2D eigenvalue weighted by molar-refractivity contribution is 6.30. The highest BCUT2D eigenvalue weighted by Gasteiger charge is 2.52. The van der Waals surface area contributed by atoms with Gasteiger partial charge in [0.1, 0.15) is 29.6 Å². The smallest absolute Gasteiger partial charge is 0.316 e. The lowest BCUT2D eigenvalue weighted by Crippen LogP contribution is -2.58. The number of aliphatic hydroxyl groups is 3. The summed E-state index contributed by atoms with van der Waals surface area (Å²) >= 11 is 0. The van der Waals surface area contributed by atoms with Crippen LogP contribution in [0.5, 0.6) is 11.5 Å². The average molecular weight is 800 g/mol. The fourth-order valence-electron chi connectivity index (χ4n) is 9.16. The summed E-state index contributed by atoms with van der Waals surface area (Å²) in [5, 5.41) is 55.5. The van der Waals surface area contributed by atoms with Gasteiger partial charge in [-0.15, -0.1) is 0 Å². The predicted octanol–water partition coefficient (Wildman–Crippen LogP) is 2.56. The van der Waals surface area contributed by atoms with Crippen molar-refractivity contribution < 1.29 is 73.1 Å². The van der Waals surface area contributed by atoms with Gasteiger partial charge in [-0.25, -0.2) is 0 Å². The van der Waals surface area contributed by atoms with Gasteiger partial charge in [0.2, 0.25) is 5.78 Å². The average Bonchev–Trinajstić information content (AvgIpc) is 3.13. The van der Waals surface area contributed by atoms with E-state index in [1.54, 1.807) is 13.8 Å². The molecule has 0 spiro atoms. The number of aromatic hydroxyl groups is 2. The molecule has 3 fully saturated rings. The van der Waals surface area contributed by atoms with E-state index in [1.165, 1.54) is 31.2 Å². The van der Waals surface area contributed by atoms with Crippen molar-refractivity contribution in [2.45, 2.75) is 145 Å². The van der Waals surface area contributed by atoms with Crippen LogP contribution in [0.4, 0.5) is 0 Å². The first kappa shape index (κ1) is 41.6. The molecule has 5 N–H and O–H groups in total. The molecule has 7 rings (SSSR count). The summed E-state index contributed by atoms with van der Waals surface area (Å²) in [6.07, 6.45) is -6.61. The van der Waals surface area contributed by atoms with E-state index < -0.39 is 108 Å². The number of carbonyl (C=O) groups is 3. The van der Waals surface area contributed by atoms with Crippen LogP contribution in [0.2, 0.25) is 0 Å². The van der Waals surface area contributed by atoms with Crippen molar-refractivity contribution in [2.24, 2.45) is 0 Å². The lowest BCUT2D eigenvalue weighted by molar-refractivity contribution is -0.328. The molecule has 312 valence electrons. The zero-order valence-electron chi connectivity index (χ0n) is 33.1. The Morgan fingerprint density at radius 3 is 2.12 bits per heavy atom. The Bertz CT molecular complexity index is 1870. The SMILES string of the molecule is COC(=O)[C@@H]1c2cc3c(c(O)c2[C@@H](O[C@H]2C[C@H](N(C)C)C(O[C@H]4C[C@H](O)[C@H](O[C@H]5CC[C@@H](O)[C@H](C)O5)[C@H](C)O4)[C@H](C)O2)C[C@@]1(C)O)C(=O)c1c(O)cccc1C3=O. The van der Waals surface area contributed by atoms with Gasteiger partial charge in [0.15, 0.2) is 24.7 Å². The zero-order valence-corrected chi connectivity index (χ0v) is 33.1. The topological polar surface area (TPSA) is 220 Å².